The zero-order chi connectivity index (χ0) is 22.1. The molecule has 0 spiro atoms. The van der Waals surface area contributed by atoms with E-state index in [-0.39, 0.29) is 10.8 Å². The fraction of sp³-hybridized carbons (Fsp3) is 0.211. The van der Waals surface area contributed by atoms with E-state index in [4.69, 9.17) is 16.1 Å². The SMILES string of the molecule is Cc1c(-c2ccccc2Cl)noc1C(=O)CN=[S@](C)(=O)c1ccc(C(F)(F)F)cn1. The lowest BCUT2D eigenvalue weighted by molar-refractivity contribution is -0.137. The van der Waals surface area contributed by atoms with Crippen molar-refractivity contribution in [2.45, 2.75) is 18.1 Å². The van der Waals surface area contributed by atoms with Crippen molar-refractivity contribution in [1.82, 2.24) is 10.1 Å². The van der Waals surface area contributed by atoms with Crippen LogP contribution < -0.4 is 0 Å². The molecule has 11 heteroatoms. The van der Waals surface area contributed by atoms with Gasteiger partial charge < -0.3 is 4.52 Å². The number of benzene rings is 1. The van der Waals surface area contributed by atoms with E-state index < -0.39 is 33.8 Å². The van der Waals surface area contributed by atoms with E-state index in [0.29, 0.717) is 28.0 Å². The van der Waals surface area contributed by atoms with Crippen LogP contribution in [0, 0.1) is 6.92 Å². The summed E-state index contributed by atoms with van der Waals surface area (Å²) < 4.78 is 59.6. The van der Waals surface area contributed by atoms with Crippen molar-refractivity contribution >= 4 is 27.1 Å². The molecule has 1 atom stereocenters. The third-order valence-corrected chi connectivity index (χ3v) is 6.18. The smallest absolute Gasteiger partial charge is 0.352 e. The van der Waals surface area contributed by atoms with Crippen molar-refractivity contribution in [2.24, 2.45) is 4.36 Å². The summed E-state index contributed by atoms with van der Waals surface area (Å²) in [5.74, 6) is -0.649. The molecule has 6 nitrogen and oxygen atoms in total. The second-order valence-electron chi connectivity index (χ2n) is 6.36. The van der Waals surface area contributed by atoms with E-state index in [0.717, 1.165) is 12.1 Å². The first-order valence-corrected chi connectivity index (χ1v) is 10.8. The maximum atomic E-state index is 12.7. The monoisotopic (exact) mass is 457 g/mol. The number of hydrogen-bond donors (Lipinski definition) is 0. The Balaban J connectivity index is 1.83. The van der Waals surface area contributed by atoms with Crippen molar-refractivity contribution in [3.05, 3.63) is 64.5 Å². The summed E-state index contributed by atoms with van der Waals surface area (Å²) in [4.78, 5) is 16.1. The number of rotatable bonds is 5. The van der Waals surface area contributed by atoms with Crippen LogP contribution in [0.5, 0.6) is 0 Å². The Labute approximate surface area is 175 Å². The molecule has 3 aromatic rings. The minimum Gasteiger partial charge on any atom is -0.352 e. The van der Waals surface area contributed by atoms with Gasteiger partial charge in [-0.2, -0.15) is 13.2 Å². The van der Waals surface area contributed by atoms with Gasteiger partial charge in [0.15, 0.2) is 0 Å². The molecule has 0 radical (unpaired) electrons. The lowest BCUT2D eigenvalue weighted by atomic mass is 10.1. The fourth-order valence-electron chi connectivity index (χ4n) is 2.59. The van der Waals surface area contributed by atoms with Gasteiger partial charge in [-0.3, -0.25) is 4.79 Å². The summed E-state index contributed by atoms with van der Waals surface area (Å²) in [6, 6.07) is 8.65. The molecule has 1 aromatic carbocycles. The molecule has 30 heavy (non-hydrogen) atoms. The lowest BCUT2D eigenvalue weighted by Crippen LogP contribution is -2.10. The number of Topliss-reactive ketones (excluding diaryl/α,β-unsaturated/α-hetero) is 1. The molecule has 3 rings (SSSR count). The highest BCUT2D eigenvalue weighted by molar-refractivity contribution is 7.92. The van der Waals surface area contributed by atoms with Crippen LogP contribution in [0.1, 0.15) is 21.7 Å². The van der Waals surface area contributed by atoms with Crippen LogP contribution in [0.15, 0.2) is 56.5 Å². The van der Waals surface area contributed by atoms with Crippen molar-refractivity contribution in [3.63, 3.8) is 0 Å². The van der Waals surface area contributed by atoms with Gasteiger partial charge in [0, 0.05) is 23.6 Å². The number of pyridine rings is 1. The maximum absolute atomic E-state index is 12.7. The second kappa shape index (κ2) is 8.19. The summed E-state index contributed by atoms with van der Waals surface area (Å²) >= 11 is 6.15. The van der Waals surface area contributed by atoms with E-state index in [1.54, 1.807) is 31.2 Å². The number of ketones is 1. The Bertz CT molecular complexity index is 1210. The molecule has 0 aliphatic rings. The maximum Gasteiger partial charge on any atom is 0.417 e. The van der Waals surface area contributed by atoms with Crippen LogP contribution in [-0.4, -0.2) is 32.9 Å². The van der Waals surface area contributed by atoms with Gasteiger partial charge >= 0.3 is 6.18 Å². The molecule has 2 heterocycles. The number of aromatic nitrogens is 2. The summed E-state index contributed by atoms with van der Waals surface area (Å²) in [7, 11) is -3.20. The molecule has 0 N–H and O–H groups in total. The van der Waals surface area contributed by atoms with Crippen LogP contribution in [0.3, 0.4) is 0 Å². The Morgan fingerprint density at radius 1 is 1.23 bits per heavy atom. The number of nitrogens with zero attached hydrogens (tertiary/aromatic N) is 3. The van der Waals surface area contributed by atoms with Crippen LogP contribution in [0.2, 0.25) is 5.02 Å². The average Bonchev–Trinajstić information content (AvgIpc) is 3.07. The molecule has 0 saturated carbocycles. The normalized spacial score (nSPS) is 13.7. The highest BCUT2D eigenvalue weighted by atomic mass is 35.5. The second-order valence-corrected chi connectivity index (χ2v) is 9.05. The van der Waals surface area contributed by atoms with Crippen molar-refractivity contribution < 1.29 is 26.7 Å². The first-order chi connectivity index (χ1) is 14.0. The van der Waals surface area contributed by atoms with E-state index in [2.05, 4.69) is 14.5 Å². The Hall–Kier alpha value is -2.72. The molecule has 0 aliphatic heterocycles. The Morgan fingerprint density at radius 3 is 2.53 bits per heavy atom. The predicted octanol–water partition coefficient (Wildman–Crippen LogP) is 5.06. The van der Waals surface area contributed by atoms with E-state index in [1.807, 2.05) is 0 Å². The number of hydrogen-bond acceptors (Lipinski definition) is 6. The molecule has 0 fully saturated rings. The number of halogens is 4. The van der Waals surface area contributed by atoms with Crippen LogP contribution in [-0.2, 0) is 15.9 Å². The molecule has 0 saturated heterocycles. The Kier molecular flexibility index (Phi) is 6.00. The Morgan fingerprint density at radius 2 is 1.93 bits per heavy atom. The fourth-order valence-corrected chi connectivity index (χ4v) is 3.88. The summed E-state index contributed by atoms with van der Waals surface area (Å²) in [6.45, 7) is 1.11. The largest absolute Gasteiger partial charge is 0.417 e. The molecule has 0 aliphatic carbocycles. The summed E-state index contributed by atoms with van der Waals surface area (Å²) in [5.41, 5.74) is 0.454. The molecule has 158 valence electrons. The van der Waals surface area contributed by atoms with Crippen molar-refractivity contribution in [1.29, 1.82) is 0 Å². The first kappa shape index (κ1) is 22.0. The third-order valence-electron chi connectivity index (χ3n) is 4.21. The topological polar surface area (TPSA) is 85.4 Å². The molecule has 0 bridgehead atoms. The highest BCUT2D eigenvalue weighted by Crippen LogP contribution is 2.31. The van der Waals surface area contributed by atoms with Crippen LogP contribution >= 0.6 is 11.6 Å². The van der Waals surface area contributed by atoms with Crippen LogP contribution in [0.25, 0.3) is 11.3 Å². The van der Waals surface area contributed by atoms with Gasteiger partial charge in [-0.15, -0.1) is 0 Å². The third kappa shape index (κ3) is 4.54. The zero-order valence-corrected chi connectivity index (χ0v) is 17.3. The highest BCUT2D eigenvalue weighted by Gasteiger charge is 2.31. The van der Waals surface area contributed by atoms with Crippen molar-refractivity contribution in [3.8, 4) is 11.3 Å². The summed E-state index contributed by atoms with van der Waals surface area (Å²) in [5, 5.41) is 4.17. The standard InChI is InChI=1S/C19H15ClF3N3O3S/c1-11-17(13-5-3-4-6-14(13)20)26-29-18(11)15(27)10-25-30(2,28)16-8-7-12(9-24-16)19(21,22)23/h3-9H,10H2,1-2H3/t30-/m1/s1. The van der Waals surface area contributed by atoms with Crippen molar-refractivity contribution in [2.75, 3.05) is 12.8 Å². The zero-order valence-electron chi connectivity index (χ0n) is 15.7. The molecule has 0 amide bonds. The van der Waals surface area contributed by atoms with E-state index in [1.165, 1.54) is 6.26 Å². The number of carbonyl (C=O) groups is 1. The predicted molar refractivity (Wildman–Crippen MR) is 105 cm³/mol. The summed E-state index contributed by atoms with van der Waals surface area (Å²) in [6.07, 6.45) is -2.79. The van der Waals surface area contributed by atoms with Gasteiger partial charge in [0.05, 0.1) is 20.3 Å². The quantitative estimate of drug-likeness (QED) is 0.500. The minimum absolute atomic E-state index is 0.0655. The van der Waals surface area contributed by atoms with Gasteiger partial charge in [-0.25, -0.2) is 13.6 Å². The van der Waals surface area contributed by atoms with E-state index in [9.17, 15) is 22.2 Å². The number of alkyl halides is 3. The molecule has 2 aromatic heterocycles. The van der Waals surface area contributed by atoms with Gasteiger partial charge in [0.1, 0.15) is 17.3 Å². The molecular formula is C19H15ClF3N3O3S. The molecular weight excluding hydrogens is 443 g/mol. The van der Waals surface area contributed by atoms with Crippen LogP contribution in [0.4, 0.5) is 13.2 Å². The van der Waals surface area contributed by atoms with Gasteiger partial charge in [-0.1, -0.05) is 35.0 Å². The average molecular weight is 458 g/mol. The van der Waals surface area contributed by atoms with Gasteiger partial charge in [0.25, 0.3) is 0 Å². The number of carbonyl (C=O) groups excluding carboxylic acids is 1. The lowest BCUT2D eigenvalue weighted by Gasteiger charge is -2.07. The van der Waals surface area contributed by atoms with Gasteiger partial charge in [0.2, 0.25) is 11.5 Å². The minimum atomic E-state index is -4.56. The first-order valence-electron chi connectivity index (χ1n) is 8.46. The van der Waals surface area contributed by atoms with Gasteiger partial charge in [-0.05, 0) is 25.1 Å². The van der Waals surface area contributed by atoms with E-state index >= 15 is 0 Å². The molecule has 0 unspecified atom stereocenters.